The summed E-state index contributed by atoms with van der Waals surface area (Å²) in [5.74, 6) is -0.716. The Morgan fingerprint density at radius 3 is 2.38 bits per heavy atom. The van der Waals surface area contributed by atoms with Gasteiger partial charge in [-0.1, -0.05) is 68.8 Å². The predicted octanol–water partition coefficient (Wildman–Crippen LogP) is 5.53. The fourth-order valence-corrected chi connectivity index (χ4v) is 4.19. The number of ether oxygens (including phenoxy) is 1. The van der Waals surface area contributed by atoms with E-state index in [0.717, 1.165) is 24.8 Å². The maximum Gasteiger partial charge on any atom is 0.408 e. The number of carbonyl (C=O) groups is 3. The minimum absolute atomic E-state index is 0.0618. The van der Waals surface area contributed by atoms with Crippen molar-refractivity contribution in [1.29, 1.82) is 0 Å². The van der Waals surface area contributed by atoms with Gasteiger partial charge in [-0.3, -0.25) is 9.59 Å². The second-order valence-corrected chi connectivity index (χ2v) is 10.6. The molecule has 3 N–H and O–H groups in total. The SMILES string of the molecule is C=CCN(C(=O)C(Cc1ccc(O)cc1)NC(=O)OC(C)(C)C)C(C(=O)NCCCCC)c1cccc(C=C)c1. The number of benzene rings is 2. The number of hydrogen-bond acceptors (Lipinski definition) is 5. The summed E-state index contributed by atoms with van der Waals surface area (Å²) >= 11 is 0. The van der Waals surface area contributed by atoms with E-state index in [0.29, 0.717) is 17.7 Å². The van der Waals surface area contributed by atoms with E-state index < -0.39 is 29.7 Å². The molecule has 0 bridgehead atoms. The number of nitrogens with zero attached hydrogens (tertiary/aromatic N) is 1. The number of amides is 3. The van der Waals surface area contributed by atoms with Gasteiger partial charge in [0, 0.05) is 19.5 Å². The predicted molar refractivity (Wildman–Crippen MR) is 159 cm³/mol. The molecule has 8 heteroatoms. The van der Waals surface area contributed by atoms with Crippen molar-refractivity contribution in [1.82, 2.24) is 15.5 Å². The van der Waals surface area contributed by atoms with Crippen LogP contribution >= 0.6 is 0 Å². The lowest BCUT2D eigenvalue weighted by Gasteiger charge is -2.34. The summed E-state index contributed by atoms with van der Waals surface area (Å²) in [6.07, 6.45) is 5.40. The van der Waals surface area contributed by atoms with Crippen LogP contribution in [0.4, 0.5) is 4.79 Å². The van der Waals surface area contributed by atoms with Crippen LogP contribution in [0.15, 0.2) is 67.8 Å². The van der Waals surface area contributed by atoms with Crippen molar-refractivity contribution in [2.45, 2.75) is 71.1 Å². The summed E-state index contributed by atoms with van der Waals surface area (Å²) in [6.45, 7) is 15.5. The van der Waals surface area contributed by atoms with Gasteiger partial charge in [-0.2, -0.15) is 0 Å². The van der Waals surface area contributed by atoms with Crippen LogP contribution in [0.1, 0.15) is 69.7 Å². The van der Waals surface area contributed by atoms with Gasteiger partial charge in [0.05, 0.1) is 0 Å². The van der Waals surface area contributed by atoms with Crippen LogP contribution in [0.25, 0.3) is 6.08 Å². The highest BCUT2D eigenvalue weighted by Gasteiger charge is 2.36. The quantitative estimate of drug-likeness (QED) is 0.212. The summed E-state index contributed by atoms with van der Waals surface area (Å²) in [6, 6.07) is 11.6. The Labute approximate surface area is 238 Å². The first-order valence-corrected chi connectivity index (χ1v) is 13.7. The third-order valence-corrected chi connectivity index (χ3v) is 6.08. The molecule has 0 saturated carbocycles. The fourth-order valence-electron chi connectivity index (χ4n) is 4.19. The van der Waals surface area contributed by atoms with Crippen LogP contribution < -0.4 is 10.6 Å². The largest absolute Gasteiger partial charge is 0.508 e. The van der Waals surface area contributed by atoms with Gasteiger partial charge in [0.25, 0.3) is 0 Å². The summed E-state index contributed by atoms with van der Waals surface area (Å²) in [5.41, 5.74) is 1.35. The second-order valence-electron chi connectivity index (χ2n) is 10.6. The van der Waals surface area contributed by atoms with Crippen LogP contribution in [-0.4, -0.2) is 52.6 Å². The molecule has 0 aliphatic heterocycles. The van der Waals surface area contributed by atoms with Crippen molar-refractivity contribution < 1.29 is 24.2 Å². The third-order valence-electron chi connectivity index (χ3n) is 6.08. The third kappa shape index (κ3) is 10.2. The number of carbonyl (C=O) groups excluding carboxylic acids is 3. The number of alkyl carbamates (subject to hydrolysis) is 1. The number of unbranched alkanes of at least 4 members (excludes halogenated alkanes) is 2. The molecule has 0 aliphatic carbocycles. The molecule has 2 rings (SSSR count). The molecular weight excluding hydrogens is 506 g/mol. The average Bonchev–Trinajstić information content (AvgIpc) is 2.90. The summed E-state index contributed by atoms with van der Waals surface area (Å²) in [5, 5.41) is 15.4. The van der Waals surface area contributed by atoms with Crippen molar-refractivity contribution >= 4 is 24.0 Å². The minimum Gasteiger partial charge on any atom is -0.508 e. The van der Waals surface area contributed by atoms with Crippen LogP contribution in [-0.2, 0) is 20.7 Å². The zero-order valence-corrected chi connectivity index (χ0v) is 24.1. The van der Waals surface area contributed by atoms with Crippen molar-refractivity contribution in [3.63, 3.8) is 0 Å². The second kappa shape index (κ2) is 15.5. The van der Waals surface area contributed by atoms with Crippen molar-refractivity contribution in [3.8, 4) is 5.75 Å². The molecule has 2 atom stereocenters. The molecule has 2 aromatic carbocycles. The Morgan fingerprint density at radius 2 is 1.77 bits per heavy atom. The van der Waals surface area contributed by atoms with E-state index in [1.807, 2.05) is 18.2 Å². The molecule has 216 valence electrons. The topological polar surface area (TPSA) is 108 Å². The monoisotopic (exact) mass is 549 g/mol. The lowest BCUT2D eigenvalue weighted by Crippen LogP contribution is -2.54. The first kappa shape index (κ1) is 32.1. The van der Waals surface area contributed by atoms with Crippen molar-refractivity contribution in [3.05, 3.63) is 84.5 Å². The summed E-state index contributed by atoms with van der Waals surface area (Å²) < 4.78 is 5.44. The van der Waals surface area contributed by atoms with Crippen LogP contribution in [0, 0.1) is 0 Å². The molecule has 0 saturated heterocycles. The molecule has 2 unspecified atom stereocenters. The first-order chi connectivity index (χ1) is 19.0. The number of phenolic OH excluding ortho intramolecular Hbond substituents is 1. The molecule has 0 spiro atoms. The normalized spacial score (nSPS) is 12.5. The van der Waals surface area contributed by atoms with E-state index in [9.17, 15) is 19.5 Å². The van der Waals surface area contributed by atoms with Gasteiger partial charge in [-0.25, -0.2) is 4.79 Å². The molecule has 40 heavy (non-hydrogen) atoms. The van der Waals surface area contributed by atoms with E-state index in [4.69, 9.17) is 4.74 Å². The Bertz CT molecular complexity index is 1150. The standard InChI is InChI=1S/C32H43N3O5/c1-7-10-11-19-33-29(37)28(25-14-12-13-23(9-3)21-25)35(20-8-2)30(38)27(34-31(39)40-32(4,5)6)22-24-15-17-26(36)18-16-24/h8-9,12-18,21,27-28,36H,2-3,7,10-11,19-20,22H2,1,4-6H3,(H,33,37)(H,34,39). The van der Waals surface area contributed by atoms with Gasteiger partial charge in [0.2, 0.25) is 11.8 Å². The van der Waals surface area contributed by atoms with Crippen molar-refractivity contribution in [2.24, 2.45) is 0 Å². The molecule has 3 amide bonds. The molecule has 8 nitrogen and oxygen atoms in total. The van der Waals surface area contributed by atoms with E-state index in [1.54, 1.807) is 51.1 Å². The van der Waals surface area contributed by atoms with Gasteiger partial charge in [-0.15, -0.1) is 6.58 Å². The highest BCUT2D eigenvalue weighted by molar-refractivity contribution is 5.92. The fraction of sp³-hybridized carbons (Fsp3) is 0.406. The molecular formula is C32H43N3O5. The minimum atomic E-state index is -1.06. The number of hydrogen-bond donors (Lipinski definition) is 3. The molecule has 0 radical (unpaired) electrons. The molecule has 0 fully saturated rings. The summed E-state index contributed by atoms with van der Waals surface area (Å²) in [7, 11) is 0. The smallest absolute Gasteiger partial charge is 0.408 e. The van der Waals surface area contributed by atoms with E-state index in [1.165, 1.54) is 17.0 Å². The lowest BCUT2D eigenvalue weighted by molar-refractivity contribution is -0.141. The highest BCUT2D eigenvalue weighted by Crippen LogP contribution is 2.25. The maximum atomic E-state index is 14.2. The Kier molecular flexibility index (Phi) is 12.5. The van der Waals surface area contributed by atoms with Gasteiger partial charge in [0.15, 0.2) is 0 Å². The maximum absolute atomic E-state index is 14.2. The van der Waals surface area contributed by atoms with Crippen LogP contribution in [0.3, 0.4) is 0 Å². The number of aromatic hydroxyl groups is 1. The molecule has 2 aromatic rings. The zero-order chi connectivity index (χ0) is 29.7. The van der Waals surface area contributed by atoms with E-state index in [-0.39, 0.29) is 24.6 Å². The van der Waals surface area contributed by atoms with E-state index in [2.05, 4.69) is 30.7 Å². The Morgan fingerprint density at radius 1 is 1.07 bits per heavy atom. The number of phenols is 1. The Hall–Kier alpha value is -4.07. The van der Waals surface area contributed by atoms with Gasteiger partial charge < -0.3 is 25.4 Å². The van der Waals surface area contributed by atoms with Crippen LogP contribution in [0.2, 0.25) is 0 Å². The average molecular weight is 550 g/mol. The summed E-state index contributed by atoms with van der Waals surface area (Å²) in [4.78, 5) is 42.1. The zero-order valence-electron chi connectivity index (χ0n) is 24.1. The van der Waals surface area contributed by atoms with Gasteiger partial charge >= 0.3 is 6.09 Å². The number of rotatable bonds is 14. The molecule has 0 aliphatic rings. The van der Waals surface area contributed by atoms with Crippen molar-refractivity contribution in [2.75, 3.05) is 13.1 Å². The Balaban J connectivity index is 2.51. The molecule has 0 aromatic heterocycles. The first-order valence-electron chi connectivity index (χ1n) is 13.7. The lowest BCUT2D eigenvalue weighted by atomic mass is 9.98. The van der Waals surface area contributed by atoms with Gasteiger partial charge in [0.1, 0.15) is 23.4 Å². The van der Waals surface area contributed by atoms with Gasteiger partial charge in [-0.05, 0) is 62.1 Å². The number of nitrogens with one attached hydrogen (secondary N) is 2. The molecule has 0 heterocycles. The van der Waals surface area contributed by atoms with Crippen LogP contribution in [0.5, 0.6) is 5.75 Å². The van der Waals surface area contributed by atoms with E-state index >= 15 is 0 Å². The highest BCUT2D eigenvalue weighted by atomic mass is 16.6.